The van der Waals surface area contributed by atoms with Crippen LogP contribution in [0.2, 0.25) is 0 Å². The van der Waals surface area contributed by atoms with Crippen LogP contribution in [-0.4, -0.2) is 5.11 Å². The van der Waals surface area contributed by atoms with E-state index in [2.05, 4.69) is 51.5 Å². The smallest absolute Gasteiger partial charge is 0.142 e. The summed E-state index contributed by atoms with van der Waals surface area (Å²) in [6.45, 7) is 11.3. The highest BCUT2D eigenvalue weighted by Gasteiger charge is 2.29. The molecule has 3 N–H and O–H groups in total. The molecule has 1 aliphatic rings. The van der Waals surface area contributed by atoms with E-state index in [1.54, 1.807) is 11.2 Å². The second-order valence-electron chi connectivity index (χ2n) is 8.43. The molecule has 128 valence electrons. The summed E-state index contributed by atoms with van der Waals surface area (Å²) >= 11 is 0. The average molecular weight is 325 g/mol. The Morgan fingerprint density at radius 3 is 2.04 bits per heavy atom. The van der Waals surface area contributed by atoms with Crippen LogP contribution in [0.1, 0.15) is 46.6 Å². The first-order valence-electron chi connectivity index (χ1n) is 8.42. The largest absolute Gasteiger partial charge is 0.506 e. The molecule has 0 amide bonds. The van der Waals surface area contributed by atoms with Gasteiger partial charge in [0, 0.05) is 0 Å². The van der Waals surface area contributed by atoms with Gasteiger partial charge in [-0.1, -0.05) is 52.8 Å². The Morgan fingerprint density at radius 1 is 0.917 bits per heavy atom. The lowest BCUT2D eigenvalue weighted by molar-refractivity contribution is 0.284. The maximum absolute atomic E-state index is 10.4. The predicted octanol–water partition coefficient (Wildman–Crippen LogP) is 5.28. The lowest BCUT2D eigenvalue weighted by Crippen LogP contribution is -2.30. The lowest BCUT2D eigenvalue weighted by Gasteiger charge is -2.33. The molecule has 4 heteroatoms. The SMILES string of the molecule is CC(C)(C)CC(C)(C)c1ccc(O)c(N2Nc3ccccc3N2)c1. The zero-order valence-corrected chi connectivity index (χ0v) is 15.1. The van der Waals surface area contributed by atoms with Gasteiger partial charge in [0.05, 0.1) is 11.4 Å². The highest BCUT2D eigenvalue weighted by molar-refractivity contribution is 5.80. The standard InChI is InChI=1S/C20H27N3O/c1-19(2,3)13-20(4,5)14-10-11-18(24)17(12-14)23-21-15-8-6-7-9-16(15)22-23/h6-12,21-22,24H,13H2,1-5H3. The van der Waals surface area contributed by atoms with E-state index in [1.807, 2.05) is 30.3 Å². The van der Waals surface area contributed by atoms with Gasteiger partial charge in [0.25, 0.3) is 0 Å². The van der Waals surface area contributed by atoms with Crippen molar-refractivity contribution in [1.82, 2.24) is 0 Å². The molecule has 0 bridgehead atoms. The van der Waals surface area contributed by atoms with Gasteiger partial charge in [-0.15, -0.1) is 0 Å². The molecule has 3 rings (SSSR count). The maximum atomic E-state index is 10.4. The number of hydrogen-bond acceptors (Lipinski definition) is 4. The number of benzene rings is 2. The molecule has 0 atom stereocenters. The van der Waals surface area contributed by atoms with Gasteiger partial charge in [0.1, 0.15) is 11.4 Å². The van der Waals surface area contributed by atoms with Crippen LogP contribution in [0.4, 0.5) is 17.1 Å². The second kappa shape index (κ2) is 5.62. The Balaban J connectivity index is 1.91. The molecule has 2 aromatic carbocycles. The van der Waals surface area contributed by atoms with Gasteiger partial charge in [-0.05, 0) is 47.1 Å². The fourth-order valence-corrected chi connectivity index (χ4v) is 3.62. The summed E-state index contributed by atoms with van der Waals surface area (Å²) in [6, 6.07) is 13.8. The summed E-state index contributed by atoms with van der Waals surface area (Å²) in [5.41, 5.74) is 10.8. The Bertz CT molecular complexity index is 722. The highest BCUT2D eigenvalue weighted by Crippen LogP contribution is 2.41. The number of fused-ring (bicyclic) bond motifs is 1. The van der Waals surface area contributed by atoms with Gasteiger partial charge in [0.2, 0.25) is 0 Å². The molecule has 0 spiro atoms. The van der Waals surface area contributed by atoms with Gasteiger partial charge >= 0.3 is 0 Å². The second-order valence-corrected chi connectivity index (χ2v) is 8.43. The number of hydrogen-bond donors (Lipinski definition) is 3. The minimum Gasteiger partial charge on any atom is -0.506 e. The average Bonchev–Trinajstić information content (AvgIpc) is 2.88. The van der Waals surface area contributed by atoms with E-state index >= 15 is 0 Å². The third-order valence-corrected chi connectivity index (χ3v) is 4.36. The van der Waals surface area contributed by atoms with Crippen molar-refractivity contribution in [3.05, 3.63) is 48.0 Å². The molecule has 0 fully saturated rings. The molecule has 1 aliphatic heterocycles. The van der Waals surface area contributed by atoms with Crippen LogP contribution in [0, 0.1) is 5.41 Å². The number of hydrazine groups is 2. The first-order valence-corrected chi connectivity index (χ1v) is 8.42. The van der Waals surface area contributed by atoms with E-state index in [4.69, 9.17) is 0 Å². The molecule has 2 aromatic rings. The van der Waals surface area contributed by atoms with Gasteiger partial charge in [-0.2, -0.15) is 5.12 Å². The highest BCUT2D eigenvalue weighted by atomic mass is 16.3. The molecule has 0 aromatic heterocycles. The number of phenolic OH excluding ortho intramolecular Hbond substituents is 1. The van der Waals surface area contributed by atoms with Gasteiger partial charge < -0.3 is 5.11 Å². The molecule has 0 unspecified atom stereocenters. The number of aromatic hydroxyl groups is 1. The number of nitrogens with one attached hydrogen (secondary N) is 2. The van der Waals surface area contributed by atoms with Crippen LogP contribution in [0.3, 0.4) is 0 Å². The van der Waals surface area contributed by atoms with Crippen LogP contribution < -0.4 is 16.0 Å². The van der Waals surface area contributed by atoms with Crippen molar-refractivity contribution in [2.75, 3.05) is 16.0 Å². The van der Waals surface area contributed by atoms with Crippen LogP contribution >= 0.6 is 0 Å². The van der Waals surface area contributed by atoms with E-state index in [1.165, 1.54) is 5.56 Å². The van der Waals surface area contributed by atoms with Crippen molar-refractivity contribution in [2.45, 2.75) is 46.5 Å². The molecule has 4 nitrogen and oxygen atoms in total. The van der Waals surface area contributed by atoms with Crippen LogP contribution in [0.15, 0.2) is 42.5 Å². The normalized spacial score (nSPS) is 14.1. The molecule has 0 radical (unpaired) electrons. The summed E-state index contributed by atoms with van der Waals surface area (Å²) in [5.74, 6) is 0.248. The summed E-state index contributed by atoms with van der Waals surface area (Å²) in [4.78, 5) is 0. The van der Waals surface area contributed by atoms with E-state index < -0.39 is 0 Å². The van der Waals surface area contributed by atoms with Crippen molar-refractivity contribution in [3.8, 4) is 5.75 Å². The molecule has 24 heavy (non-hydrogen) atoms. The van der Waals surface area contributed by atoms with Crippen LogP contribution in [0.25, 0.3) is 0 Å². The van der Waals surface area contributed by atoms with Crippen molar-refractivity contribution in [3.63, 3.8) is 0 Å². The summed E-state index contributed by atoms with van der Waals surface area (Å²) in [7, 11) is 0. The van der Waals surface area contributed by atoms with Crippen LogP contribution in [0.5, 0.6) is 5.75 Å². The van der Waals surface area contributed by atoms with Gasteiger partial charge in [-0.3, -0.25) is 10.9 Å². The van der Waals surface area contributed by atoms with E-state index in [9.17, 15) is 5.11 Å². The summed E-state index contributed by atoms with van der Waals surface area (Å²) in [5, 5.41) is 12.1. The van der Waals surface area contributed by atoms with Crippen molar-refractivity contribution in [1.29, 1.82) is 0 Å². The predicted molar refractivity (Wildman–Crippen MR) is 101 cm³/mol. The first-order chi connectivity index (χ1) is 11.2. The fourth-order valence-electron chi connectivity index (χ4n) is 3.62. The van der Waals surface area contributed by atoms with Crippen LogP contribution in [-0.2, 0) is 5.41 Å². The molecule has 0 saturated heterocycles. The van der Waals surface area contributed by atoms with Gasteiger partial charge in [0.15, 0.2) is 0 Å². The number of para-hydroxylation sites is 2. The third kappa shape index (κ3) is 3.28. The molecular weight excluding hydrogens is 298 g/mol. The van der Waals surface area contributed by atoms with E-state index in [-0.39, 0.29) is 16.6 Å². The molecule has 0 saturated carbocycles. The Labute approximate surface area is 144 Å². The van der Waals surface area contributed by atoms with Crippen molar-refractivity contribution in [2.24, 2.45) is 5.41 Å². The summed E-state index contributed by atoms with van der Waals surface area (Å²) in [6.07, 6.45) is 1.06. The van der Waals surface area contributed by atoms with E-state index in [0.717, 1.165) is 23.5 Å². The summed E-state index contributed by atoms with van der Waals surface area (Å²) < 4.78 is 0. The third-order valence-electron chi connectivity index (χ3n) is 4.36. The Morgan fingerprint density at radius 2 is 1.50 bits per heavy atom. The maximum Gasteiger partial charge on any atom is 0.142 e. The molecular formula is C20H27N3O. The minimum absolute atomic E-state index is 0.0211. The van der Waals surface area contributed by atoms with Crippen molar-refractivity contribution >= 4 is 17.1 Å². The topological polar surface area (TPSA) is 47.5 Å². The Kier molecular flexibility index (Phi) is 3.86. The quantitative estimate of drug-likeness (QED) is 0.718. The number of phenols is 1. The van der Waals surface area contributed by atoms with E-state index in [0.29, 0.717) is 0 Å². The first kappa shape index (κ1) is 16.5. The number of anilines is 3. The van der Waals surface area contributed by atoms with Crippen molar-refractivity contribution < 1.29 is 5.11 Å². The zero-order chi connectivity index (χ0) is 17.5. The fraction of sp³-hybridized carbons (Fsp3) is 0.400. The Hall–Kier alpha value is -2.36. The number of rotatable bonds is 3. The van der Waals surface area contributed by atoms with Gasteiger partial charge in [-0.25, -0.2) is 0 Å². The molecule has 1 heterocycles. The number of nitrogens with zero attached hydrogens (tertiary/aromatic N) is 1. The monoisotopic (exact) mass is 325 g/mol. The zero-order valence-electron chi connectivity index (χ0n) is 15.1. The molecule has 0 aliphatic carbocycles. The minimum atomic E-state index is 0.0211. The lowest BCUT2D eigenvalue weighted by atomic mass is 9.72.